The molecule has 1 aromatic heterocycles. The van der Waals surface area contributed by atoms with Gasteiger partial charge in [0.05, 0.1) is 17.6 Å². The minimum atomic E-state index is -0.285. The first kappa shape index (κ1) is 21.4. The molecule has 6 nitrogen and oxygen atoms in total. The van der Waals surface area contributed by atoms with Crippen molar-refractivity contribution in [2.75, 3.05) is 19.8 Å². The predicted octanol–water partition coefficient (Wildman–Crippen LogP) is 4.04. The molecule has 0 bridgehead atoms. The Kier molecular flexibility index (Phi) is 7.20. The molecule has 1 aliphatic heterocycles. The largest absolute Gasteiger partial charge is 0.494 e. The smallest absolute Gasteiger partial charge is 0.249 e. The Morgan fingerprint density at radius 3 is 2.84 bits per heavy atom. The number of nitrogens with one attached hydrogen (secondary N) is 1. The van der Waals surface area contributed by atoms with Crippen molar-refractivity contribution in [3.8, 4) is 5.75 Å². The van der Waals surface area contributed by atoms with Crippen LogP contribution in [0, 0.1) is 6.92 Å². The lowest BCUT2D eigenvalue weighted by atomic mass is 10.2. The molecule has 2 heterocycles. The van der Waals surface area contributed by atoms with Crippen LogP contribution in [-0.4, -0.2) is 41.3 Å². The maximum atomic E-state index is 12.2. The van der Waals surface area contributed by atoms with Crippen LogP contribution >= 0.6 is 0 Å². The Bertz CT molecular complexity index is 991. The number of carbonyl (C=O) groups is 1. The highest BCUT2D eigenvalue weighted by Gasteiger charge is 2.23. The van der Waals surface area contributed by atoms with Crippen molar-refractivity contribution in [2.24, 2.45) is 0 Å². The number of para-hydroxylation sites is 2. The molecule has 6 heteroatoms. The number of hydrogen-bond acceptors (Lipinski definition) is 4. The van der Waals surface area contributed by atoms with E-state index in [1.165, 1.54) is 5.56 Å². The van der Waals surface area contributed by atoms with Gasteiger partial charge in [-0.3, -0.25) is 4.79 Å². The summed E-state index contributed by atoms with van der Waals surface area (Å²) in [6, 6.07) is 16.4. The third-order valence-corrected chi connectivity index (χ3v) is 5.67. The zero-order valence-corrected chi connectivity index (χ0v) is 18.2. The van der Waals surface area contributed by atoms with E-state index in [1.807, 2.05) is 30.3 Å². The molecule has 0 aliphatic carbocycles. The highest BCUT2D eigenvalue weighted by Crippen LogP contribution is 2.18. The SMILES string of the molecule is Cc1ccc(OCCCCn2c(CCNC(=O)C3CCCO3)nc3ccccc32)cc1. The number of ether oxygens (including phenoxy) is 2. The number of benzene rings is 2. The van der Waals surface area contributed by atoms with Crippen molar-refractivity contribution < 1.29 is 14.3 Å². The number of unbranched alkanes of at least 4 members (excludes halogenated alkanes) is 1. The maximum Gasteiger partial charge on any atom is 0.249 e. The van der Waals surface area contributed by atoms with Crippen molar-refractivity contribution in [1.82, 2.24) is 14.9 Å². The van der Waals surface area contributed by atoms with Crippen LogP contribution in [0.3, 0.4) is 0 Å². The van der Waals surface area contributed by atoms with E-state index in [0.717, 1.165) is 54.8 Å². The van der Waals surface area contributed by atoms with Gasteiger partial charge in [0.1, 0.15) is 17.7 Å². The summed E-state index contributed by atoms with van der Waals surface area (Å²) >= 11 is 0. The van der Waals surface area contributed by atoms with Gasteiger partial charge in [-0.2, -0.15) is 0 Å². The average molecular weight is 422 g/mol. The second-order valence-corrected chi connectivity index (χ2v) is 8.08. The summed E-state index contributed by atoms with van der Waals surface area (Å²) in [6.07, 6.45) is 4.16. The van der Waals surface area contributed by atoms with Gasteiger partial charge in [0.25, 0.3) is 0 Å². The topological polar surface area (TPSA) is 65.4 Å². The van der Waals surface area contributed by atoms with E-state index in [0.29, 0.717) is 26.2 Å². The van der Waals surface area contributed by atoms with Gasteiger partial charge in [-0.15, -0.1) is 0 Å². The van der Waals surface area contributed by atoms with Crippen LogP contribution in [0.1, 0.15) is 37.1 Å². The Morgan fingerprint density at radius 1 is 1.19 bits per heavy atom. The molecule has 31 heavy (non-hydrogen) atoms. The van der Waals surface area contributed by atoms with Gasteiger partial charge in [-0.1, -0.05) is 29.8 Å². The number of hydrogen-bond donors (Lipinski definition) is 1. The minimum absolute atomic E-state index is 0.00610. The van der Waals surface area contributed by atoms with Gasteiger partial charge < -0.3 is 19.4 Å². The highest BCUT2D eigenvalue weighted by molar-refractivity contribution is 5.81. The second kappa shape index (κ2) is 10.4. The molecule has 0 spiro atoms. The third kappa shape index (κ3) is 5.64. The fraction of sp³-hybridized carbons (Fsp3) is 0.440. The standard InChI is InChI=1S/C25H31N3O3/c1-19-10-12-20(13-11-19)30-17-5-4-16-28-22-8-3-2-7-21(22)27-24(28)14-15-26-25(29)23-9-6-18-31-23/h2-3,7-8,10-13,23H,4-6,9,14-18H2,1H3,(H,26,29). The molecule has 2 aromatic carbocycles. The summed E-state index contributed by atoms with van der Waals surface area (Å²) in [7, 11) is 0. The van der Waals surface area contributed by atoms with Crippen LogP contribution < -0.4 is 10.1 Å². The zero-order chi connectivity index (χ0) is 21.5. The Hall–Kier alpha value is -2.86. The Morgan fingerprint density at radius 2 is 2.03 bits per heavy atom. The molecule has 1 atom stereocenters. The molecule has 1 fully saturated rings. The lowest BCUT2D eigenvalue weighted by molar-refractivity contribution is -0.130. The summed E-state index contributed by atoms with van der Waals surface area (Å²) in [5.74, 6) is 1.92. The molecular weight excluding hydrogens is 390 g/mol. The molecular formula is C25H31N3O3. The number of fused-ring (bicyclic) bond motifs is 1. The molecule has 1 N–H and O–H groups in total. The number of amides is 1. The zero-order valence-electron chi connectivity index (χ0n) is 18.2. The van der Waals surface area contributed by atoms with Crippen molar-refractivity contribution in [3.05, 3.63) is 59.9 Å². The lowest BCUT2D eigenvalue weighted by Crippen LogP contribution is -2.35. The number of imidazole rings is 1. The summed E-state index contributed by atoms with van der Waals surface area (Å²) in [5.41, 5.74) is 3.38. The van der Waals surface area contributed by atoms with Crippen LogP contribution in [0.5, 0.6) is 5.75 Å². The van der Waals surface area contributed by atoms with E-state index in [2.05, 4.69) is 35.0 Å². The molecule has 4 rings (SSSR count). The van der Waals surface area contributed by atoms with E-state index in [-0.39, 0.29) is 12.0 Å². The van der Waals surface area contributed by atoms with Crippen LogP contribution in [0.25, 0.3) is 11.0 Å². The van der Waals surface area contributed by atoms with Gasteiger partial charge in [0.15, 0.2) is 0 Å². The fourth-order valence-electron chi connectivity index (χ4n) is 3.96. The molecule has 0 radical (unpaired) electrons. The van der Waals surface area contributed by atoms with E-state index >= 15 is 0 Å². The quantitative estimate of drug-likeness (QED) is 0.502. The molecule has 1 saturated heterocycles. The van der Waals surface area contributed by atoms with E-state index in [9.17, 15) is 4.79 Å². The molecule has 3 aromatic rings. The predicted molar refractivity (Wildman–Crippen MR) is 121 cm³/mol. The molecule has 164 valence electrons. The van der Waals surface area contributed by atoms with Gasteiger partial charge in [0, 0.05) is 26.1 Å². The molecule has 1 aliphatic rings. The van der Waals surface area contributed by atoms with E-state index < -0.39 is 0 Å². The second-order valence-electron chi connectivity index (χ2n) is 8.08. The highest BCUT2D eigenvalue weighted by atomic mass is 16.5. The number of rotatable bonds is 10. The lowest BCUT2D eigenvalue weighted by Gasteiger charge is -2.12. The number of aromatic nitrogens is 2. The first-order chi connectivity index (χ1) is 15.2. The fourth-order valence-corrected chi connectivity index (χ4v) is 3.96. The minimum Gasteiger partial charge on any atom is -0.494 e. The number of carbonyl (C=O) groups excluding carboxylic acids is 1. The Balaban J connectivity index is 1.30. The van der Waals surface area contributed by atoms with Crippen molar-refractivity contribution in [1.29, 1.82) is 0 Å². The summed E-state index contributed by atoms with van der Waals surface area (Å²) in [4.78, 5) is 17.0. The first-order valence-electron chi connectivity index (χ1n) is 11.2. The monoisotopic (exact) mass is 421 g/mol. The summed E-state index contributed by atoms with van der Waals surface area (Å²) in [6.45, 7) is 4.90. The Labute approximate surface area is 183 Å². The average Bonchev–Trinajstić information content (AvgIpc) is 3.43. The van der Waals surface area contributed by atoms with Gasteiger partial charge in [-0.25, -0.2) is 4.98 Å². The van der Waals surface area contributed by atoms with Gasteiger partial charge in [-0.05, 0) is 56.9 Å². The maximum absolute atomic E-state index is 12.2. The van der Waals surface area contributed by atoms with E-state index in [1.54, 1.807) is 0 Å². The van der Waals surface area contributed by atoms with Crippen molar-refractivity contribution >= 4 is 16.9 Å². The van der Waals surface area contributed by atoms with Crippen LogP contribution in [0.4, 0.5) is 0 Å². The van der Waals surface area contributed by atoms with Crippen LogP contribution in [0.2, 0.25) is 0 Å². The molecule has 1 unspecified atom stereocenters. The number of nitrogens with zero attached hydrogens (tertiary/aromatic N) is 2. The number of aryl methyl sites for hydroxylation is 2. The van der Waals surface area contributed by atoms with Gasteiger partial charge in [0.2, 0.25) is 5.91 Å². The summed E-state index contributed by atoms with van der Waals surface area (Å²) in [5, 5.41) is 3.01. The molecule has 0 saturated carbocycles. The van der Waals surface area contributed by atoms with Gasteiger partial charge >= 0.3 is 0 Å². The summed E-state index contributed by atoms with van der Waals surface area (Å²) < 4.78 is 13.6. The van der Waals surface area contributed by atoms with Crippen LogP contribution in [-0.2, 0) is 22.5 Å². The van der Waals surface area contributed by atoms with Crippen LogP contribution in [0.15, 0.2) is 48.5 Å². The van der Waals surface area contributed by atoms with E-state index in [4.69, 9.17) is 14.5 Å². The third-order valence-electron chi connectivity index (χ3n) is 5.67. The van der Waals surface area contributed by atoms with Crippen molar-refractivity contribution in [3.63, 3.8) is 0 Å². The van der Waals surface area contributed by atoms with Crippen molar-refractivity contribution in [2.45, 2.75) is 51.7 Å². The first-order valence-corrected chi connectivity index (χ1v) is 11.2. The molecule has 1 amide bonds. The normalized spacial score (nSPS) is 16.0.